The minimum absolute atomic E-state index is 0.0760. The van der Waals surface area contributed by atoms with Gasteiger partial charge in [-0.3, -0.25) is 4.68 Å². The predicted octanol–water partition coefficient (Wildman–Crippen LogP) is 3.44. The van der Waals surface area contributed by atoms with Gasteiger partial charge in [0.15, 0.2) is 0 Å². The molecular weight excluding hydrogens is 382 g/mol. The van der Waals surface area contributed by atoms with Gasteiger partial charge in [-0.15, -0.1) is 0 Å². The van der Waals surface area contributed by atoms with Crippen LogP contribution >= 0.6 is 0 Å². The summed E-state index contributed by atoms with van der Waals surface area (Å²) < 4.78 is 7.16. The Balaban J connectivity index is 1.43. The number of carboxylic acid groups (broad SMARTS) is 1. The van der Waals surface area contributed by atoms with Crippen LogP contribution in [0, 0.1) is 0 Å². The second kappa shape index (κ2) is 8.41. The number of aryl methyl sites for hydroxylation is 1. The Kier molecular flexibility index (Phi) is 5.52. The summed E-state index contributed by atoms with van der Waals surface area (Å²) in [4.78, 5) is 24.1. The number of aliphatic carboxylic acids is 1. The second-order valence-electron chi connectivity index (χ2n) is 7.20. The molecule has 3 aromatic rings. The van der Waals surface area contributed by atoms with Gasteiger partial charge in [-0.25, -0.2) is 9.59 Å². The molecule has 0 saturated heterocycles. The molecule has 30 heavy (non-hydrogen) atoms. The molecule has 1 aliphatic carbocycles. The Morgan fingerprint density at radius 3 is 2.33 bits per heavy atom. The quantitative estimate of drug-likeness (QED) is 0.628. The van der Waals surface area contributed by atoms with E-state index in [2.05, 4.69) is 22.5 Å². The standard InChI is InChI=1S/C23H23N3O4/c1-2-26-15(11-12-24-26)13-21(22(27)28)25-23(29)30-14-20-18-9-5-3-7-16(18)17-8-4-6-10-19(17)20/h3-12,20-21H,2,13-14H2,1H3,(H,25,29)(H,27,28). The van der Waals surface area contributed by atoms with Crippen molar-refractivity contribution in [1.82, 2.24) is 15.1 Å². The fourth-order valence-corrected chi connectivity index (χ4v) is 4.01. The second-order valence-corrected chi connectivity index (χ2v) is 7.20. The molecule has 1 atom stereocenters. The van der Waals surface area contributed by atoms with Crippen molar-refractivity contribution in [2.75, 3.05) is 6.61 Å². The maximum absolute atomic E-state index is 12.4. The molecule has 2 aromatic carbocycles. The van der Waals surface area contributed by atoms with Gasteiger partial charge < -0.3 is 15.2 Å². The molecular formula is C23H23N3O4. The van der Waals surface area contributed by atoms with E-state index in [-0.39, 0.29) is 18.9 Å². The van der Waals surface area contributed by atoms with Gasteiger partial charge in [-0.2, -0.15) is 5.10 Å². The van der Waals surface area contributed by atoms with Gasteiger partial charge in [-0.05, 0) is 35.2 Å². The normalized spacial score (nSPS) is 13.4. The number of alkyl carbamates (subject to hydrolysis) is 1. The first-order valence-electron chi connectivity index (χ1n) is 9.93. The van der Waals surface area contributed by atoms with Gasteiger partial charge in [0.25, 0.3) is 0 Å². The van der Waals surface area contributed by atoms with E-state index in [0.29, 0.717) is 6.54 Å². The SMILES string of the molecule is CCn1nccc1CC(NC(=O)OCC1c2ccccc2-c2ccccc21)C(=O)O. The van der Waals surface area contributed by atoms with Crippen LogP contribution in [0.4, 0.5) is 4.79 Å². The maximum atomic E-state index is 12.4. The number of aromatic nitrogens is 2. The smallest absolute Gasteiger partial charge is 0.407 e. The van der Waals surface area contributed by atoms with E-state index in [1.807, 2.05) is 43.3 Å². The monoisotopic (exact) mass is 405 g/mol. The van der Waals surface area contributed by atoms with Gasteiger partial charge in [0, 0.05) is 30.8 Å². The number of hydrogen-bond donors (Lipinski definition) is 2. The number of rotatable bonds is 7. The Labute approximate surface area is 174 Å². The summed E-state index contributed by atoms with van der Waals surface area (Å²) >= 11 is 0. The van der Waals surface area contributed by atoms with E-state index in [0.717, 1.165) is 27.9 Å². The largest absolute Gasteiger partial charge is 0.480 e. The van der Waals surface area contributed by atoms with Crippen molar-refractivity contribution in [3.05, 3.63) is 77.6 Å². The molecule has 0 aliphatic heterocycles. The van der Waals surface area contributed by atoms with Crippen LogP contribution in [0.25, 0.3) is 11.1 Å². The van der Waals surface area contributed by atoms with Crippen molar-refractivity contribution in [1.29, 1.82) is 0 Å². The molecule has 1 aliphatic rings. The van der Waals surface area contributed by atoms with E-state index in [1.165, 1.54) is 0 Å². The lowest BCUT2D eigenvalue weighted by Crippen LogP contribution is -2.43. The topological polar surface area (TPSA) is 93.5 Å². The van der Waals surface area contributed by atoms with Crippen molar-refractivity contribution in [3.63, 3.8) is 0 Å². The molecule has 0 saturated carbocycles. The van der Waals surface area contributed by atoms with Crippen LogP contribution in [-0.4, -0.2) is 39.6 Å². The first-order valence-corrected chi connectivity index (χ1v) is 9.93. The highest BCUT2D eigenvalue weighted by molar-refractivity contribution is 5.81. The molecule has 7 heteroatoms. The van der Waals surface area contributed by atoms with Gasteiger partial charge in [-0.1, -0.05) is 48.5 Å². The van der Waals surface area contributed by atoms with Gasteiger partial charge in [0.1, 0.15) is 12.6 Å². The molecule has 0 fully saturated rings. The van der Waals surface area contributed by atoms with Gasteiger partial charge in [0.05, 0.1) is 0 Å². The minimum atomic E-state index is -1.12. The van der Waals surface area contributed by atoms with Crippen LogP contribution in [0.1, 0.15) is 29.7 Å². The van der Waals surface area contributed by atoms with Crippen molar-refractivity contribution >= 4 is 12.1 Å². The number of nitrogens with zero attached hydrogens (tertiary/aromatic N) is 2. The third kappa shape index (κ3) is 3.78. The Bertz CT molecular complexity index is 1030. The van der Waals surface area contributed by atoms with Crippen molar-refractivity contribution in [2.24, 2.45) is 0 Å². The number of ether oxygens (including phenoxy) is 1. The van der Waals surface area contributed by atoms with E-state index < -0.39 is 18.1 Å². The lowest BCUT2D eigenvalue weighted by molar-refractivity contribution is -0.139. The molecule has 154 valence electrons. The summed E-state index contributed by atoms with van der Waals surface area (Å²) in [7, 11) is 0. The predicted molar refractivity (Wildman–Crippen MR) is 111 cm³/mol. The van der Waals surface area contributed by atoms with Crippen LogP contribution in [0.3, 0.4) is 0 Å². The average Bonchev–Trinajstić information content (AvgIpc) is 3.33. The molecule has 0 spiro atoms. The molecule has 1 heterocycles. The Morgan fingerprint density at radius 1 is 1.10 bits per heavy atom. The summed E-state index contributed by atoms with van der Waals surface area (Å²) in [5.74, 6) is -1.19. The highest BCUT2D eigenvalue weighted by Gasteiger charge is 2.30. The fourth-order valence-electron chi connectivity index (χ4n) is 4.01. The van der Waals surface area contributed by atoms with Crippen LogP contribution in [0.15, 0.2) is 60.8 Å². The first-order chi connectivity index (χ1) is 14.6. The van der Waals surface area contributed by atoms with Crippen LogP contribution < -0.4 is 5.32 Å². The Hall–Kier alpha value is -3.61. The van der Waals surface area contributed by atoms with E-state index in [4.69, 9.17) is 4.74 Å². The molecule has 0 radical (unpaired) electrons. The third-order valence-corrected chi connectivity index (χ3v) is 5.45. The number of carboxylic acids is 1. The van der Waals surface area contributed by atoms with Crippen LogP contribution in [0.5, 0.6) is 0 Å². The van der Waals surface area contributed by atoms with Crippen LogP contribution in [-0.2, 0) is 22.5 Å². The molecule has 0 bridgehead atoms. The van der Waals surface area contributed by atoms with E-state index >= 15 is 0 Å². The highest BCUT2D eigenvalue weighted by atomic mass is 16.5. The summed E-state index contributed by atoms with van der Waals surface area (Å²) in [6, 6.07) is 16.8. The van der Waals surface area contributed by atoms with Crippen LogP contribution in [0.2, 0.25) is 0 Å². The lowest BCUT2D eigenvalue weighted by atomic mass is 9.98. The average molecular weight is 405 g/mol. The van der Waals surface area contributed by atoms with E-state index in [1.54, 1.807) is 16.9 Å². The molecule has 1 aromatic heterocycles. The number of carbonyl (C=O) groups excluding carboxylic acids is 1. The number of benzene rings is 2. The molecule has 7 nitrogen and oxygen atoms in total. The third-order valence-electron chi connectivity index (χ3n) is 5.45. The zero-order valence-electron chi connectivity index (χ0n) is 16.6. The lowest BCUT2D eigenvalue weighted by Gasteiger charge is -2.17. The summed E-state index contributed by atoms with van der Waals surface area (Å²) in [5, 5.41) is 16.1. The first kappa shape index (κ1) is 19.7. The zero-order chi connectivity index (χ0) is 21.1. The zero-order valence-corrected chi connectivity index (χ0v) is 16.6. The Morgan fingerprint density at radius 2 is 1.73 bits per heavy atom. The van der Waals surface area contributed by atoms with Crippen molar-refractivity contribution < 1.29 is 19.4 Å². The highest BCUT2D eigenvalue weighted by Crippen LogP contribution is 2.44. The number of amides is 1. The fraction of sp³-hybridized carbons (Fsp3) is 0.261. The van der Waals surface area contributed by atoms with Crippen molar-refractivity contribution in [2.45, 2.75) is 31.8 Å². The number of fused-ring (bicyclic) bond motifs is 3. The summed E-state index contributed by atoms with van der Waals surface area (Å²) in [5.41, 5.74) is 5.22. The maximum Gasteiger partial charge on any atom is 0.407 e. The summed E-state index contributed by atoms with van der Waals surface area (Å²) in [6.07, 6.45) is 1.00. The number of nitrogens with one attached hydrogen (secondary N) is 1. The minimum Gasteiger partial charge on any atom is -0.480 e. The molecule has 1 unspecified atom stereocenters. The van der Waals surface area contributed by atoms with Gasteiger partial charge in [0.2, 0.25) is 0 Å². The summed E-state index contributed by atoms with van der Waals surface area (Å²) in [6.45, 7) is 2.68. The number of carbonyl (C=O) groups is 2. The van der Waals surface area contributed by atoms with Crippen molar-refractivity contribution in [3.8, 4) is 11.1 Å². The number of hydrogen-bond acceptors (Lipinski definition) is 4. The molecule has 2 N–H and O–H groups in total. The molecule has 4 rings (SSSR count). The van der Waals surface area contributed by atoms with E-state index in [9.17, 15) is 14.7 Å². The molecule has 1 amide bonds. The van der Waals surface area contributed by atoms with Gasteiger partial charge >= 0.3 is 12.1 Å².